The molecule has 0 saturated heterocycles. The maximum absolute atomic E-state index is 5.53. The molecule has 0 aliphatic carbocycles. The molecule has 0 unspecified atom stereocenters. The van der Waals surface area contributed by atoms with Crippen LogP contribution in [-0.4, -0.2) is 16.1 Å². The minimum Gasteiger partial charge on any atom is -0.475 e. The van der Waals surface area contributed by atoms with Crippen LogP contribution in [0, 0.1) is 0 Å². The van der Waals surface area contributed by atoms with Crippen LogP contribution in [0.3, 0.4) is 0 Å². The van der Waals surface area contributed by atoms with Gasteiger partial charge in [0.2, 0.25) is 11.8 Å². The number of anilines is 1. The number of rotatable bonds is 5. The van der Waals surface area contributed by atoms with E-state index in [1.807, 2.05) is 38.1 Å². The van der Waals surface area contributed by atoms with E-state index in [1.54, 1.807) is 12.3 Å². The highest BCUT2D eigenvalue weighted by atomic mass is 79.9. The van der Waals surface area contributed by atoms with E-state index in [2.05, 4.69) is 31.2 Å². The van der Waals surface area contributed by atoms with Gasteiger partial charge in [0.25, 0.3) is 0 Å². The number of nitrogens with zero attached hydrogens (tertiary/aromatic N) is 2. The topological polar surface area (TPSA) is 47.0 Å². The van der Waals surface area contributed by atoms with Crippen molar-refractivity contribution >= 4 is 21.9 Å². The molecular formula is C14H16BrN3O. The fraction of sp³-hybridized carbons (Fsp3) is 0.286. The van der Waals surface area contributed by atoms with Gasteiger partial charge in [0.05, 0.1) is 6.10 Å². The number of aromatic nitrogens is 2. The molecule has 1 heterocycles. The third kappa shape index (κ3) is 4.52. The van der Waals surface area contributed by atoms with E-state index < -0.39 is 0 Å². The minimum absolute atomic E-state index is 0.106. The second-order valence-corrected chi connectivity index (χ2v) is 5.28. The summed E-state index contributed by atoms with van der Waals surface area (Å²) in [5.74, 6) is 1.16. The second kappa shape index (κ2) is 6.52. The van der Waals surface area contributed by atoms with Gasteiger partial charge < -0.3 is 10.1 Å². The van der Waals surface area contributed by atoms with E-state index in [4.69, 9.17) is 4.74 Å². The molecule has 100 valence electrons. The summed E-state index contributed by atoms with van der Waals surface area (Å²) in [6.07, 6.45) is 1.79. The molecule has 2 aromatic rings. The van der Waals surface area contributed by atoms with Crippen molar-refractivity contribution in [1.29, 1.82) is 0 Å². The van der Waals surface area contributed by atoms with Crippen molar-refractivity contribution < 1.29 is 4.74 Å². The summed E-state index contributed by atoms with van der Waals surface area (Å²) in [6, 6.07) is 9.87. The second-order valence-electron chi connectivity index (χ2n) is 4.37. The lowest BCUT2D eigenvalue weighted by molar-refractivity contribution is 0.232. The van der Waals surface area contributed by atoms with Gasteiger partial charge in [0.15, 0.2) is 0 Å². The molecule has 0 aliphatic heterocycles. The lowest BCUT2D eigenvalue weighted by atomic mass is 10.2. The molecule has 19 heavy (non-hydrogen) atoms. The zero-order valence-corrected chi connectivity index (χ0v) is 12.5. The third-order valence-electron chi connectivity index (χ3n) is 2.35. The Hall–Kier alpha value is -1.62. The third-order valence-corrected chi connectivity index (χ3v) is 2.88. The molecule has 2 rings (SSSR count). The number of hydrogen-bond acceptors (Lipinski definition) is 4. The summed E-state index contributed by atoms with van der Waals surface area (Å²) in [4.78, 5) is 8.46. The maximum Gasteiger partial charge on any atom is 0.226 e. The summed E-state index contributed by atoms with van der Waals surface area (Å²) in [5.41, 5.74) is 1.17. The van der Waals surface area contributed by atoms with Crippen molar-refractivity contribution in [3.63, 3.8) is 0 Å². The molecule has 0 atom stereocenters. The van der Waals surface area contributed by atoms with Gasteiger partial charge in [0.1, 0.15) is 0 Å². The highest BCUT2D eigenvalue weighted by Crippen LogP contribution is 2.13. The van der Waals surface area contributed by atoms with Crippen LogP contribution in [0.4, 0.5) is 5.95 Å². The van der Waals surface area contributed by atoms with Gasteiger partial charge in [-0.2, -0.15) is 4.98 Å². The summed E-state index contributed by atoms with van der Waals surface area (Å²) in [6.45, 7) is 4.62. The Morgan fingerprint density at radius 3 is 2.63 bits per heavy atom. The Labute approximate surface area is 121 Å². The van der Waals surface area contributed by atoms with Gasteiger partial charge in [-0.3, -0.25) is 0 Å². The van der Waals surface area contributed by atoms with Crippen molar-refractivity contribution in [2.24, 2.45) is 0 Å². The quantitative estimate of drug-likeness (QED) is 0.913. The molecule has 1 aromatic heterocycles. The normalized spacial score (nSPS) is 10.5. The van der Waals surface area contributed by atoms with E-state index in [0.29, 0.717) is 18.4 Å². The molecule has 1 aromatic carbocycles. The van der Waals surface area contributed by atoms with Crippen LogP contribution >= 0.6 is 15.9 Å². The van der Waals surface area contributed by atoms with Crippen molar-refractivity contribution in [3.8, 4) is 5.88 Å². The summed E-state index contributed by atoms with van der Waals surface area (Å²) >= 11 is 3.41. The van der Waals surface area contributed by atoms with Crippen LogP contribution in [0.5, 0.6) is 5.88 Å². The van der Waals surface area contributed by atoms with E-state index in [1.165, 1.54) is 5.56 Å². The molecule has 0 saturated carbocycles. The summed E-state index contributed by atoms with van der Waals surface area (Å²) in [7, 11) is 0. The van der Waals surface area contributed by atoms with Crippen LogP contribution in [0.2, 0.25) is 0 Å². The molecular weight excluding hydrogens is 306 g/mol. The predicted octanol–water partition coefficient (Wildman–Crippen LogP) is 3.64. The monoisotopic (exact) mass is 321 g/mol. The highest BCUT2D eigenvalue weighted by molar-refractivity contribution is 9.10. The van der Waals surface area contributed by atoms with Gasteiger partial charge in [-0.1, -0.05) is 28.1 Å². The Kier molecular flexibility index (Phi) is 4.74. The molecule has 0 aliphatic rings. The lowest BCUT2D eigenvalue weighted by Gasteiger charge is -2.10. The zero-order valence-electron chi connectivity index (χ0n) is 10.9. The van der Waals surface area contributed by atoms with Crippen molar-refractivity contribution in [1.82, 2.24) is 9.97 Å². The SMILES string of the molecule is CC(C)Oc1ccnc(NCc2ccc(Br)cc2)n1. The molecule has 0 amide bonds. The Bertz CT molecular complexity index is 528. The largest absolute Gasteiger partial charge is 0.475 e. The van der Waals surface area contributed by atoms with Gasteiger partial charge in [-0.05, 0) is 31.5 Å². The van der Waals surface area contributed by atoms with Gasteiger partial charge in [-0.15, -0.1) is 0 Å². The number of benzene rings is 1. The molecule has 0 fully saturated rings. The van der Waals surface area contributed by atoms with Gasteiger partial charge in [0, 0.05) is 23.3 Å². The van der Waals surface area contributed by atoms with Crippen LogP contribution in [0.25, 0.3) is 0 Å². The average molecular weight is 322 g/mol. The first-order chi connectivity index (χ1) is 9.13. The lowest BCUT2D eigenvalue weighted by Crippen LogP contribution is -2.09. The zero-order chi connectivity index (χ0) is 13.7. The summed E-state index contributed by atoms with van der Waals surface area (Å²) in [5, 5.41) is 3.18. The first kappa shape index (κ1) is 13.8. The van der Waals surface area contributed by atoms with Crippen molar-refractivity contribution in [3.05, 3.63) is 46.6 Å². The van der Waals surface area contributed by atoms with Gasteiger partial charge >= 0.3 is 0 Å². The van der Waals surface area contributed by atoms with Crippen LogP contribution in [-0.2, 0) is 6.54 Å². The molecule has 0 bridgehead atoms. The highest BCUT2D eigenvalue weighted by Gasteiger charge is 2.02. The number of ether oxygens (including phenoxy) is 1. The molecule has 5 heteroatoms. The smallest absolute Gasteiger partial charge is 0.226 e. The molecule has 0 radical (unpaired) electrons. The Balaban J connectivity index is 1.97. The Morgan fingerprint density at radius 2 is 1.95 bits per heavy atom. The Morgan fingerprint density at radius 1 is 1.21 bits per heavy atom. The summed E-state index contributed by atoms with van der Waals surface area (Å²) < 4.78 is 6.59. The first-order valence-corrected chi connectivity index (χ1v) is 6.91. The number of nitrogens with one attached hydrogen (secondary N) is 1. The number of halogens is 1. The molecule has 0 spiro atoms. The van der Waals surface area contributed by atoms with Crippen molar-refractivity contribution in [2.45, 2.75) is 26.5 Å². The molecule has 1 N–H and O–H groups in total. The van der Waals surface area contributed by atoms with E-state index >= 15 is 0 Å². The molecule has 4 nitrogen and oxygen atoms in total. The standard InChI is InChI=1S/C14H16BrN3O/c1-10(2)19-13-7-8-16-14(18-13)17-9-11-3-5-12(15)6-4-11/h3-8,10H,9H2,1-2H3,(H,16,17,18). The average Bonchev–Trinajstić information content (AvgIpc) is 2.38. The fourth-order valence-electron chi connectivity index (χ4n) is 1.52. The van der Waals surface area contributed by atoms with Gasteiger partial charge in [-0.25, -0.2) is 4.98 Å². The van der Waals surface area contributed by atoms with Crippen LogP contribution in [0.15, 0.2) is 41.0 Å². The first-order valence-electron chi connectivity index (χ1n) is 6.11. The van der Waals surface area contributed by atoms with Crippen LogP contribution < -0.4 is 10.1 Å². The maximum atomic E-state index is 5.53. The van der Waals surface area contributed by atoms with Crippen molar-refractivity contribution in [2.75, 3.05) is 5.32 Å². The fourth-order valence-corrected chi connectivity index (χ4v) is 1.78. The van der Waals surface area contributed by atoms with E-state index in [9.17, 15) is 0 Å². The van der Waals surface area contributed by atoms with Crippen LogP contribution in [0.1, 0.15) is 19.4 Å². The van der Waals surface area contributed by atoms with E-state index in [-0.39, 0.29) is 6.10 Å². The van der Waals surface area contributed by atoms with E-state index in [0.717, 1.165) is 4.47 Å². The minimum atomic E-state index is 0.106. The predicted molar refractivity (Wildman–Crippen MR) is 79.3 cm³/mol. The number of hydrogen-bond donors (Lipinski definition) is 1.